The van der Waals surface area contributed by atoms with Crippen molar-refractivity contribution in [3.8, 4) is 0 Å². The Kier molecular flexibility index (Phi) is 6.66. The van der Waals surface area contributed by atoms with Gasteiger partial charge in [0.25, 0.3) is 5.91 Å². The normalized spacial score (nSPS) is 15.1. The Bertz CT molecular complexity index is 719. The standard InChI is InChI=1S/C20H26N4OS/c21-20(22-11-10-18-5-4-14-26-18)23-15-16-6-8-17(9-7-16)19(25)24-12-2-1-3-13-24/h4-9,14H,1-3,10-13,15H2,(H3,21,22,23). The van der Waals surface area contributed by atoms with E-state index < -0.39 is 0 Å². The van der Waals surface area contributed by atoms with Crippen molar-refractivity contribution < 1.29 is 4.79 Å². The molecule has 0 atom stereocenters. The molecule has 1 aromatic heterocycles. The minimum atomic E-state index is 0.134. The number of guanidine groups is 1. The average molecular weight is 371 g/mol. The maximum absolute atomic E-state index is 12.5. The summed E-state index contributed by atoms with van der Waals surface area (Å²) in [4.78, 5) is 20.1. The molecule has 3 N–H and O–H groups in total. The van der Waals surface area contributed by atoms with E-state index in [0.29, 0.717) is 12.5 Å². The number of hydrogen-bond donors (Lipinski definition) is 2. The van der Waals surface area contributed by atoms with Gasteiger partial charge in [-0.25, -0.2) is 4.99 Å². The van der Waals surface area contributed by atoms with Crippen LogP contribution in [0.4, 0.5) is 0 Å². The molecule has 1 amide bonds. The van der Waals surface area contributed by atoms with E-state index in [9.17, 15) is 4.79 Å². The lowest BCUT2D eigenvalue weighted by Crippen LogP contribution is -2.35. The van der Waals surface area contributed by atoms with Crippen LogP contribution in [-0.4, -0.2) is 36.4 Å². The topological polar surface area (TPSA) is 70.7 Å². The Labute approximate surface area is 158 Å². The molecule has 138 valence electrons. The van der Waals surface area contributed by atoms with Crippen LogP contribution in [0.2, 0.25) is 0 Å². The van der Waals surface area contributed by atoms with Gasteiger partial charge in [0.15, 0.2) is 5.96 Å². The predicted molar refractivity (Wildman–Crippen MR) is 108 cm³/mol. The Morgan fingerprint density at radius 1 is 1.15 bits per heavy atom. The van der Waals surface area contributed by atoms with E-state index in [1.807, 2.05) is 29.2 Å². The van der Waals surface area contributed by atoms with Crippen molar-refractivity contribution in [3.63, 3.8) is 0 Å². The number of carbonyl (C=O) groups excluding carboxylic acids is 1. The quantitative estimate of drug-likeness (QED) is 0.606. The van der Waals surface area contributed by atoms with Crippen LogP contribution in [0.1, 0.15) is 40.1 Å². The molecule has 0 unspecified atom stereocenters. The van der Waals surface area contributed by atoms with Crippen LogP contribution in [0.25, 0.3) is 0 Å². The second-order valence-electron chi connectivity index (χ2n) is 6.51. The van der Waals surface area contributed by atoms with Crippen LogP contribution in [0.15, 0.2) is 46.8 Å². The molecule has 6 heteroatoms. The first-order valence-corrected chi connectivity index (χ1v) is 10.0. The van der Waals surface area contributed by atoms with Gasteiger partial charge in [0.05, 0.1) is 6.54 Å². The fourth-order valence-corrected chi connectivity index (χ4v) is 3.74. The SMILES string of the molecule is NC(=NCc1ccc(C(=O)N2CCCCC2)cc1)NCCc1cccs1. The number of likely N-dealkylation sites (tertiary alicyclic amines) is 1. The number of aliphatic imine (C=N–C) groups is 1. The number of rotatable bonds is 6. The van der Waals surface area contributed by atoms with Crippen LogP contribution in [0.3, 0.4) is 0 Å². The largest absolute Gasteiger partial charge is 0.370 e. The zero-order valence-electron chi connectivity index (χ0n) is 15.0. The van der Waals surface area contributed by atoms with Crippen molar-refractivity contribution in [2.24, 2.45) is 10.7 Å². The van der Waals surface area contributed by atoms with Crippen LogP contribution in [0, 0.1) is 0 Å². The summed E-state index contributed by atoms with van der Waals surface area (Å²) in [6, 6.07) is 11.9. The van der Waals surface area contributed by atoms with E-state index in [1.54, 1.807) is 11.3 Å². The molecule has 0 radical (unpaired) electrons. The molecular weight excluding hydrogens is 344 g/mol. The molecule has 1 saturated heterocycles. The Morgan fingerprint density at radius 2 is 1.92 bits per heavy atom. The Hall–Kier alpha value is -2.34. The number of amides is 1. The second-order valence-corrected chi connectivity index (χ2v) is 7.54. The van der Waals surface area contributed by atoms with Gasteiger partial charge in [-0.3, -0.25) is 4.79 Å². The van der Waals surface area contributed by atoms with Crippen molar-refractivity contribution in [2.45, 2.75) is 32.2 Å². The minimum Gasteiger partial charge on any atom is -0.370 e. The lowest BCUT2D eigenvalue weighted by atomic mass is 10.1. The molecule has 3 rings (SSSR count). The van der Waals surface area contributed by atoms with Crippen molar-refractivity contribution >= 4 is 23.2 Å². The highest BCUT2D eigenvalue weighted by Gasteiger charge is 2.17. The van der Waals surface area contributed by atoms with Crippen LogP contribution < -0.4 is 11.1 Å². The average Bonchev–Trinajstić information content (AvgIpc) is 3.20. The van der Waals surface area contributed by atoms with E-state index >= 15 is 0 Å². The number of piperidine rings is 1. The van der Waals surface area contributed by atoms with E-state index in [1.165, 1.54) is 11.3 Å². The van der Waals surface area contributed by atoms with Gasteiger partial charge >= 0.3 is 0 Å². The van der Waals surface area contributed by atoms with Crippen LogP contribution in [0.5, 0.6) is 0 Å². The fourth-order valence-electron chi connectivity index (χ4n) is 3.03. The highest BCUT2D eigenvalue weighted by atomic mass is 32.1. The Balaban J connectivity index is 1.46. The number of nitrogens with zero attached hydrogens (tertiary/aromatic N) is 2. The molecule has 2 aromatic rings. The number of nitrogens with two attached hydrogens (primary N) is 1. The maximum Gasteiger partial charge on any atom is 0.253 e. The van der Waals surface area contributed by atoms with Crippen molar-refractivity contribution in [3.05, 3.63) is 57.8 Å². The maximum atomic E-state index is 12.5. The summed E-state index contributed by atoms with van der Waals surface area (Å²) in [5.41, 5.74) is 7.71. The van der Waals surface area contributed by atoms with E-state index in [2.05, 4.69) is 27.8 Å². The van der Waals surface area contributed by atoms with Crippen molar-refractivity contribution in [1.82, 2.24) is 10.2 Å². The van der Waals surface area contributed by atoms with Gasteiger partial charge in [0, 0.05) is 30.1 Å². The third-order valence-corrected chi connectivity index (χ3v) is 5.47. The molecule has 1 fully saturated rings. The fraction of sp³-hybridized carbons (Fsp3) is 0.400. The number of benzene rings is 1. The van der Waals surface area contributed by atoms with Gasteiger partial charge in [-0.2, -0.15) is 0 Å². The minimum absolute atomic E-state index is 0.134. The summed E-state index contributed by atoms with van der Waals surface area (Å²) in [6.07, 6.45) is 4.39. The predicted octanol–water partition coefficient (Wildman–Crippen LogP) is 3.02. The van der Waals surface area contributed by atoms with Crippen LogP contribution >= 0.6 is 11.3 Å². The van der Waals surface area contributed by atoms with Crippen molar-refractivity contribution in [2.75, 3.05) is 19.6 Å². The molecule has 0 aliphatic carbocycles. The molecule has 1 aliphatic heterocycles. The zero-order chi connectivity index (χ0) is 18.2. The highest BCUT2D eigenvalue weighted by molar-refractivity contribution is 7.09. The van der Waals surface area contributed by atoms with Gasteiger partial charge in [-0.15, -0.1) is 11.3 Å². The summed E-state index contributed by atoms with van der Waals surface area (Å²) < 4.78 is 0. The third kappa shape index (κ3) is 5.33. The zero-order valence-corrected chi connectivity index (χ0v) is 15.8. The first-order chi connectivity index (χ1) is 12.7. The number of nitrogens with one attached hydrogen (secondary N) is 1. The summed E-state index contributed by atoms with van der Waals surface area (Å²) in [5.74, 6) is 0.588. The van der Waals surface area contributed by atoms with Gasteiger partial charge in [-0.1, -0.05) is 18.2 Å². The molecule has 5 nitrogen and oxygen atoms in total. The lowest BCUT2D eigenvalue weighted by molar-refractivity contribution is 0.0724. The van der Waals surface area contributed by atoms with Gasteiger partial charge < -0.3 is 16.0 Å². The summed E-state index contributed by atoms with van der Waals surface area (Å²) in [7, 11) is 0. The smallest absolute Gasteiger partial charge is 0.253 e. The number of hydrogen-bond acceptors (Lipinski definition) is 3. The number of thiophene rings is 1. The third-order valence-electron chi connectivity index (χ3n) is 4.53. The molecule has 0 saturated carbocycles. The van der Waals surface area contributed by atoms with Gasteiger partial charge in [0.2, 0.25) is 0 Å². The lowest BCUT2D eigenvalue weighted by Gasteiger charge is -2.26. The number of carbonyl (C=O) groups is 1. The molecule has 26 heavy (non-hydrogen) atoms. The van der Waals surface area contributed by atoms with Crippen molar-refractivity contribution in [1.29, 1.82) is 0 Å². The molecule has 2 heterocycles. The van der Waals surface area contributed by atoms with E-state index in [4.69, 9.17) is 5.73 Å². The first kappa shape index (κ1) is 18.5. The van der Waals surface area contributed by atoms with Gasteiger partial charge in [-0.05, 0) is 54.8 Å². The molecular formula is C20H26N4OS. The molecule has 0 spiro atoms. The Morgan fingerprint density at radius 3 is 2.62 bits per heavy atom. The van der Waals surface area contributed by atoms with Crippen LogP contribution in [-0.2, 0) is 13.0 Å². The first-order valence-electron chi connectivity index (χ1n) is 9.17. The monoisotopic (exact) mass is 370 g/mol. The summed E-state index contributed by atoms with van der Waals surface area (Å²) in [6.45, 7) is 3.03. The summed E-state index contributed by atoms with van der Waals surface area (Å²) >= 11 is 1.75. The molecule has 1 aliphatic rings. The van der Waals surface area contributed by atoms with Gasteiger partial charge in [0.1, 0.15) is 0 Å². The summed E-state index contributed by atoms with van der Waals surface area (Å²) in [5, 5.41) is 5.21. The van der Waals surface area contributed by atoms with E-state index in [0.717, 1.165) is 50.0 Å². The molecule has 1 aromatic carbocycles. The molecule has 0 bridgehead atoms. The highest BCUT2D eigenvalue weighted by Crippen LogP contribution is 2.14. The van der Waals surface area contributed by atoms with E-state index in [-0.39, 0.29) is 5.91 Å². The second kappa shape index (κ2) is 9.38.